The van der Waals surface area contributed by atoms with E-state index in [4.69, 9.17) is 0 Å². The zero-order chi connectivity index (χ0) is 8.55. The molecule has 0 bridgehead atoms. The van der Waals surface area contributed by atoms with E-state index < -0.39 is 0 Å². The van der Waals surface area contributed by atoms with Crippen LogP contribution in [0.3, 0.4) is 0 Å². The van der Waals surface area contributed by atoms with Crippen LogP contribution in [-0.2, 0) is 4.79 Å². The van der Waals surface area contributed by atoms with E-state index >= 15 is 0 Å². The van der Waals surface area contributed by atoms with Gasteiger partial charge in [-0.15, -0.1) is 6.07 Å². The molecule has 2 rings (SSSR count). The quantitative estimate of drug-likeness (QED) is 0.416. The molecular weight excluding hydrogens is 175 g/mol. The SMILES string of the molecule is Cc1[nH]nc2ccc([C-]=O)cc12.[Li+].[OH-]. The zero-order valence-electron chi connectivity index (χ0n) is 8.03. The van der Waals surface area contributed by atoms with Crippen molar-refractivity contribution in [2.75, 3.05) is 0 Å². The van der Waals surface area contributed by atoms with Gasteiger partial charge >= 0.3 is 18.9 Å². The Balaban J connectivity index is 0.000000845. The molecule has 0 atom stereocenters. The van der Waals surface area contributed by atoms with Crippen molar-refractivity contribution in [1.29, 1.82) is 0 Å². The molecule has 0 fully saturated rings. The molecular formula is C9H8LiN2O2-. The minimum atomic E-state index is 0. The molecule has 2 aromatic rings. The standard InChI is InChI=1S/C9H7N2O.Li.H2O/c1-6-8-4-7(5-12)2-3-9(8)11-10-6;;/h2-4H,1H3,(H,10,11);;1H2/q-1;+1;/p-1. The van der Waals surface area contributed by atoms with Gasteiger partial charge in [0.1, 0.15) is 0 Å². The van der Waals surface area contributed by atoms with Gasteiger partial charge in [0, 0.05) is 5.69 Å². The number of hydrogen-bond acceptors (Lipinski definition) is 3. The van der Waals surface area contributed by atoms with E-state index in [0.717, 1.165) is 16.6 Å². The van der Waals surface area contributed by atoms with E-state index in [0.29, 0.717) is 5.56 Å². The van der Waals surface area contributed by atoms with Crippen LogP contribution in [-0.4, -0.2) is 22.0 Å². The Labute approximate surface area is 93.2 Å². The number of fused-ring (bicyclic) bond motifs is 1. The first-order chi connectivity index (χ1) is 5.81. The summed E-state index contributed by atoms with van der Waals surface area (Å²) in [6.45, 7) is 1.92. The van der Waals surface area contributed by atoms with Crippen molar-refractivity contribution in [3.05, 3.63) is 29.5 Å². The van der Waals surface area contributed by atoms with Crippen LogP contribution in [0.25, 0.3) is 10.9 Å². The largest absolute Gasteiger partial charge is 1.00 e. The molecule has 0 amide bonds. The number of aryl methyl sites for hydroxylation is 1. The van der Waals surface area contributed by atoms with Crippen LogP contribution in [0.15, 0.2) is 18.2 Å². The molecule has 4 nitrogen and oxygen atoms in total. The summed E-state index contributed by atoms with van der Waals surface area (Å²) in [6, 6.07) is 5.29. The van der Waals surface area contributed by atoms with Crippen molar-refractivity contribution in [3.63, 3.8) is 0 Å². The Kier molecular flexibility index (Phi) is 4.58. The van der Waals surface area contributed by atoms with Crippen molar-refractivity contribution >= 4 is 17.2 Å². The van der Waals surface area contributed by atoms with E-state index in [1.807, 2.05) is 13.2 Å². The average molecular weight is 183 g/mol. The summed E-state index contributed by atoms with van der Waals surface area (Å²) >= 11 is 0. The smallest absolute Gasteiger partial charge is 0.870 e. The first-order valence-electron chi connectivity index (χ1n) is 3.64. The summed E-state index contributed by atoms with van der Waals surface area (Å²) in [7, 11) is 0. The van der Waals surface area contributed by atoms with E-state index in [2.05, 4.69) is 10.2 Å². The Bertz CT molecular complexity index is 439. The zero-order valence-corrected chi connectivity index (χ0v) is 8.03. The number of nitrogens with zero attached hydrogens (tertiary/aromatic N) is 1. The molecule has 1 heterocycles. The Morgan fingerprint density at radius 1 is 1.43 bits per heavy atom. The van der Waals surface area contributed by atoms with E-state index in [9.17, 15) is 4.79 Å². The van der Waals surface area contributed by atoms with Gasteiger partial charge in [-0.05, 0) is 12.3 Å². The molecule has 0 aliphatic heterocycles. The van der Waals surface area contributed by atoms with Crippen molar-refractivity contribution in [2.24, 2.45) is 0 Å². The summed E-state index contributed by atoms with van der Waals surface area (Å²) in [5, 5.41) is 7.87. The van der Waals surface area contributed by atoms with Crippen molar-refractivity contribution in [2.45, 2.75) is 6.92 Å². The first kappa shape index (κ1) is 12.9. The van der Waals surface area contributed by atoms with Gasteiger partial charge in [-0.25, -0.2) is 0 Å². The summed E-state index contributed by atoms with van der Waals surface area (Å²) in [5.41, 5.74) is 2.42. The third kappa shape index (κ3) is 2.04. The molecule has 2 N–H and O–H groups in total. The maximum Gasteiger partial charge on any atom is 1.00 e. The van der Waals surface area contributed by atoms with E-state index in [-0.39, 0.29) is 24.3 Å². The van der Waals surface area contributed by atoms with Gasteiger partial charge in [0.2, 0.25) is 0 Å². The topological polar surface area (TPSA) is 75.8 Å². The molecule has 68 valence electrons. The second-order valence-electron chi connectivity index (χ2n) is 2.68. The number of hydrogen-bond donors (Lipinski definition) is 1. The Hall–Kier alpha value is -1.08. The van der Waals surface area contributed by atoms with E-state index in [1.165, 1.54) is 0 Å². The number of carbonyl (C=O) groups excluding carboxylic acids is 1. The number of aromatic nitrogens is 2. The molecule has 5 heteroatoms. The van der Waals surface area contributed by atoms with Gasteiger partial charge in [-0.1, -0.05) is 6.07 Å². The van der Waals surface area contributed by atoms with E-state index in [1.54, 1.807) is 18.2 Å². The second-order valence-corrected chi connectivity index (χ2v) is 2.68. The number of nitrogens with one attached hydrogen (secondary N) is 1. The average Bonchev–Trinajstić information content (AvgIpc) is 2.47. The molecule has 14 heavy (non-hydrogen) atoms. The molecule has 0 aliphatic carbocycles. The van der Waals surface area contributed by atoms with Crippen LogP contribution in [0.1, 0.15) is 11.3 Å². The molecule has 0 unspecified atom stereocenters. The Morgan fingerprint density at radius 3 is 2.79 bits per heavy atom. The number of H-pyrrole nitrogens is 1. The normalized spacial score (nSPS) is 8.93. The fourth-order valence-electron chi connectivity index (χ4n) is 1.20. The third-order valence-electron chi connectivity index (χ3n) is 1.86. The maximum atomic E-state index is 10.3. The van der Waals surface area contributed by atoms with Gasteiger partial charge in [0.05, 0.1) is 11.8 Å². The summed E-state index contributed by atoms with van der Waals surface area (Å²) < 4.78 is 0. The fraction of sp³-hybridized carbons (Fsp3) is 0.111. The number of aromatic amines is 1. The van der Waals surface area contributed by atoms with Crippen LogP contribution in [0, 0.1) is 6.92 Å². The van der Waals surface area contributed by atoms with Crippen LogP contribution in [0.5, 0.6) is 0 Å². The Morgan fingerprint density at radius 2 is 2.14 bits per heavy atom. The van der Waals surface area contributed by atoms with Crippen LogP contribution in [0.4, 0.5) is 0 Å². The summed E-state index contributed by atoms with van der Waals surface area (Å²) in [5.74, 6) is 0. The van der Waals surface area contributed by atoms with Crippen molar-refractivity contribution in [3.8, 4) is 0 Å². The summed E-state index contributed by atoms with van der Waals surface area (Å²) in [4.78, 5) is 10.3. The van der Waals surface area contributed by atoms with Gasteiger partial charge < -0.3 is 10.3 Å². The minimum absolute atomic E-state index is 0. The predicted octanol–water partition coefficient (Wildman–Crippen LogP) is -1.84. The molecule has 1 aromatic heterocycles. The molecule has 1 aromatic carbocycles. The monoisotopic (exact) mass is 183 g/mol. The minimum Gasteiger partial charge on any atom is -0.870 e. The van der Waals surface area contributed by atoms with Crippen LogP contribution >= 0.6 is 0 Å². The molecule has 0 spiro atoms. The number of rotatable bonds is 1. The third-order valence-corrected chi connectivity index (χ3v) is 1.86. The van der Waals surface area contributed by atoms with Gasteiger partial charge in [0.25, 0.3) is 0 Å². The van der Waals surface area contributed by atoms with Gasteiger partial charge in [0.15, 0.2) is 0 Å². The first-order valence-corrected chi connectivity index (χ1v) is 3.64. The van der Waals surface area contributed by atoms with Crippen LogP contribution < -0.4 is 18.9 Å². The van der Waals surface area contributed by atoms with Gasteiger partial charge in [-0.3, -0.25) is 5.10 Å². The second kappa shape index (κ2) is 4.96. The predicted molar refractivity (Wildman–Crippen MR) is 47.6 cm³/mol. The summed E-state index contributed by atoms with van der Waals surface area (Å²) in [6.07, 6.45) is 1.84. The van der Waals surface area contributed by atoms with Gasteiger partial charge in [-0.2, -0.15) is 16.7 Å². The number of benzene rings is 1. The molecule has 0 radical (unpaired) electrons. The molecule has 0 aliphatic rings. The van der Waals surface area contributed by atoms with Crippen molar-refractivity contribution < 1.29 is 29.1 Å². The van der Waals surface area contributed by atoms with Crippen molar-refractivity contribution in [1.82, 2.24) is 10.2 Å². The molecule has 0 saturated carbocycles. The van der Waals surface area contributed by atoms with Crippen LogP contribution in [0.2, 0.25) is 0 Å². The maximum absolute atomic E-state index is 10.3. The molecule has 0 saturated heterocycles. The fourth-order valence-corrected chi connectivity index (χ4v) is 1.20.